The summed E-state index contributed by atoms with van der Waals surface area (Å²) < 4.78 is 0. The zero-order chi connectivity index (χ0) is 12.1. The third-order valence-electron chi connectivity index (χ3n) is 2.31. The summed E-state index contributed by atoms with van der Waals surface area (Å²) in [6.07, 6.45) is 0. The highest BCUT2D eigenvalue weighted by molar-refractivity contribution is 5.81. The summed E-state index contributed by atoms with van der Waals surface area (Å²) in [5, 5.41) is 11.9. The van der Waals surface area contributed by atoms with Gasteiger partial charge in [0.1, 0.15) is 6.07 Å². The average Bonchev–Trinajstić information content (AvgIpc) is 2.26. The number of carbonyl (C=O) groups is 1. The van der Waals surface area contributed by atoms with E-state index in [1.54, 1.807) is 20.2 Å². The fourth-order valence-corrected chi connectivity index (χ4v) is 1.32. The minimum Gasteiger partial charge on any atom is -0.375 e. The SMILES string of the molecule is Cc1cccc(C#N)c1NCC(=O)N(C)C. The minimum absolute atomic E-state index is 0.0212. The molecular weight excluding hydrogens is 202 g/mol. The van der Waals surface area contributed by atoms with Gasteiger partial charge < -0.3 is 10.2 Å². The molecule has 1 N–H and O–H groups in total. The molecule has 16 heavy (non-hydrogen) atoms. The lowest BCUT2D eigenvalue weighted by Gasteiger charge is -2.14. The van der Waals surface area contributed by atoms with E-state index in [2.05, 4.69) is 11.4 Å². The monoisotopic (exact) mass is 217 g/mol. The van der Waals surface area contributed by atoms with Crippen molar-refractivity contribution in [3.63, 3.8) is 0 Å². The maximum Gasteiger partial charge on any atom is 0.241 e. The lowest BCUT2D eigenvalue weighted by Crippen LogP contribution is -2.28. The Morgan fingerprint density at radius 1 is 1.50 bits per heavy atom. The van der Waals surface area contributed by atoms with Gasteiger partial charge in [-0.1, -0.05) is 12.1 Å². The van der Waals surface area contributed by atoms with E-state index in [1.165, 1.54) is 4.90 Å². The van der Waals surface area contributed by atoms with E-state index >= 15 is 0 Å². The summed E-state index contributed by atoms with van der Waals surface area (Å²) in [5.41, 5.74) is 2.26. The normalized spacial score (nSPS) is 9.38. The van der Waals surface area contributed by atoms with Gasteiger partial charge in [-0.25, -0.2) is 0 Å². The van der Waals surface area contributed by atoms with Crippen molar-refractivity contribution in [3.05, 3.63) is 29.3 Å². The number of nitrogens with one attached hydrogen (secondary N) is 1. The molecule has 0 spiro atoms. The molecule has 84 valence electrons. The molecule has 0 aromatic heterocycles. The number of hydrogen-bond acceptors (Lipinski definition) is 3. The molecule has 0 fully saturated rings. The molecule has 1 aromatic rings. The van der Waals surface area contributed by atoms with Crippen molar-refractivity contribution in [2.24, 2.45) is 0 Å². The van der Waals surface area contributed by atoms with Crippen LogP contribution in [0.3, 0.4) is 0 Å². The molecule has 1 amide bonds. The Balaban J connectivity index is 2.82. The molecule has 4 heteroatoms. The quantitative estimate of drug-likeness (QED) is 0.831. The number of anilines is 1. The van der Waals surface area contributed by atoms with Crippen molar-refractivity contribution in [2.45, 2.75) is 6.92 Å². The molecule has 1 rings (SSSR count). The second-order valence-corrected chi connectivity index (χ2v) is 3.75. The van der Waals surface area contributed by atoms with Crippen molar-refractivity contribution >= 4 is 11.6 Å². The van der Waals surface area contributed by atoms with Crippen LogP contribution in [0.15, 0.2) is 18.2 Å². The van der Waals surface area contributed by atoms with E-state index in [4.69, 9.17) is 5.26 Å². The highest BCUT2D eigenvalue weighted by Crippen LogP contribution is 2.19. The van der Waals surface area contributed by atoms with Crippen LogP contribution in [0.4, 0.5) is 5.69 Å². The number of rotatable bonds is 3. The Kier molecular flexibility index (Phi) is 3.90. The van der Waals surface area contributed by atoms with Crippen molar-refractivity contribution in [2.75, 3.05) is 26.0 Å². The first kappa shape index (κ1) is 12.1. The standard InChI is InChI=1S/C12H15N3O/c1-9-5-4-6-10(7-13)12(9)14-8-11(16)15(2)3/h4-6,14H,8H2,1-3H3. The van der Waals surface area contributed by atoms with Crippen molar-refractivity contribution in [3.8, 4) is 6.07 Å². The van der Waals surface area contributed by atoms with Crippen LogP contribution in [-0.4, -0.2) is 31.4 Å². The van der Waals surface area contributed by atoms with Crippen LogP contribution in [0, 0.1) is 18.3 Å². The molecule has 0 saturated heterocycles. The van der Waals surface area contributed by atoms with Crippen LogP contribution in [0.5, 0.6) is 0 Å². The molecule has 0 bridgehead atoms. The van der Waals surface area contributed by atoms with Crippen molar-refractivity contribution in [1.29, 1.82) is 5.26 Å². The second kappa shape index (κ2) is 5.17. The molecule has 0 heterocycles. The predicted molar refractivity (Wildman–Crippen MR) is 63.1 cm³/mol. The second-order valence-electron chi connectivity index (χ2n) is 3.75. The Hall–Kier alpha value is -2.02. The number of para-hydroxylation sites is 1. The third-order valence-corrected chi connectivity index (χ3v) is 2.31. The number of nitrogens with zero attached hydrogens (tertiary/aromatic N) is 2. The summed E-state index contributed by atoms with van der Waals surface area (Å²) in [6, 6.07) is 7.57. The number of likely N-dealkylation sites (N-methyl/N-ethyl adjacent to an activating group) is 1. The van der Waals surface area contributed by atoms with Gasteiger partial charge in [-0.05, 0) is 18.6 Å². The fraction of sp³-hybridized carbons (Fsp3) is 0.333. The molecule has 0 saturated carbocycles. The largest absolute Gasteiger partial charge is 0.375 e. The molecular formula is C12H15N3O. The van der Waals surface area contributed by atoms with Gasteiger partial charge in [-0.3, -0.25) is 4.79 Å². The summed E-state index contributed by atoms with van der Waals surface area (Å²) in [4.78, 5) is 12.9. The lowest BCUT2D eigenvalue weighted by molar-refractivity contribution is -0.126. The number of aryl methyl sites for hydroxylation is 1. The van der Waals surface area contributed by atoms with Crippen LogP contribution in [-0.2, 0) is 4.79 Å². The van der Waals surface area contributed by atoms with Crippen LogP contribution >= 0.6 is 0 Å². The smallest absolute Gasteiger partial charge is 0.241 e. The first-order valence-corrected chi connectivity index (χ1v) is 5.00. The van der Waals surface area contributed by atoms with E-state index < -0.39 is 0 Å². The topological polar surface area (TPSA) is 56.1 Å². The van der Waals surface area contributed by atoms with Gasteiger partial charge in [-0.2, -0.15) is 5.26 Å². The van der Waals surface area contributed by atoms with Crippen LogP contribution in [0.2, 0.25) is 0 Å². The number of nitriles is 1. The van der Waals surface area contributed by atoms with E-state index in [-0.39, 0.29) is 12.5 Å². The molecule has 1 aromatic carbocycles. The van der Waals surface area contributed by atoms with Crippen LogP contribution < -0.4 is 5.32 Å². The van der Waals surface area contributed by atoms with Gasteiger partial charge in [0.05, 0.1) is 17.8 Å². The van der Waals surface area contributed by atoms with Gasteiger partial charge in [-0.15, -0.1) is 0 Å². The summed E-state index contributed by atoms with van der Waals surface area (Å²) in [6.45, 7) is 2.11. The number of carbonyl (C=O) groups excluding carboxylic acids is 1. The average molecular weight is 217 g/mol. The summed E-state index contributed by atoms with van der Waals surface area (Å²) >= 11 is 0. The third kappa shape index (κ3) is 2.74. The first-order valence-electron chi connectivity index (χ1n) is 5.00. The predicted octanol–water partition coefficient (Wildman–Crippen LogP) is 1.37. The van der Waals surface area contributed by atoms with Crippen molar-refractivity contribution in [1.82, 2.24) is 4.90 Å². The highest BCUT2D eigenvalue weighted by atomic mass is 16.2. The van der Waals surface area contributed by atoms with Gasteiger partial charge in [0.25, 0.3) is 0 Å². The van der Waals surface area contributed by atoms with Gasteiger partial charge in [0, 0.05) is 14.1 Å². The molecule has 0 radical (unpaired) electrons. The van der Waals surface area contributed by atoms with Gasteiger partial charge >= 0.3 is 0 Å². The van der Waals surface area contributed by atoms with Gasteiger partial charge in [0.2, 0.25) is 5.91 Å². The maximum absolute atomic E-state index is 11.4. The zero-order valence-electron chi connectivity index (χ0n) is 9.74. The molecule has 0 atom stereocenters. The Bertz CT molecular complexity index is 432. The van der Waals surface area contributed by atoms with Gasteiger partial charge in [0.15, 0.2) is 0 Å². The Morgan fingerprint density at radius 2 is 2.19 bits per heavy atom. The highest BCUT2D eigenvalue weighted by Gasteiger charge is 2.08. The summed E-state index contributed by atoms with van der Waals surface area (Å²) in [7, 11) is 3.40. The van der Waals surface area contributed by atoms with E-state index in [9.17, 15) is 4.79 Å². The molecule has 0 aliphatic heterocycles. The Morgan fingerprint density at radius 3 is 2.75 bits per heavy atom. The molecule has 4 nitrogen and oxygen atoms in total. The molecule has 0 unspecified atom stereocenters. The Labute approximate surface area is 95.5 Å². The van der Waals surface area contributed by atoms with E-state index in [0.717, 1.165) is 11.3 Å². The lowest BCUT2D eigenvalue weighted by atomic mass is 10.1. The number of benzene rings is 1. The first-order chi connectivity index (χ1) is 7.56. The van der Waals surface area contributed by atoms with Crippen LogP contribution in [0.25, 0.3) is 0 Å². The zero-order valence-corrected chi connectivity index (χ0v) is 9.74. The number of amides is 1. The summed E-state index contributed by atoms with van der Waals surface area (Å²) in [5.74, 6) is -0.0212. The fourth-order valence-electron chi connectivity index (χ4n) is 1.32. The van der Waals surface area contributed by atoms with E-state index in [1.807, 2.05) is 19.1 Å². The maximum atomic E-state index is 11.4. The number of hydrogen-bond donors (Lipinski definition) is 1. The molecule has 0 aliphatic carbocycles. The molecule has 0 aliphatic rings. The minimum atomic E-state index is -0.0212. The van der Waals surface area contributed by atoms with Crippen LogP contribution in [0.1, 0.15) is 11.1 Å². The van der Waals surface area contributed by atoms with E-state index in [0.29, 0.717) is 5.56 Å². The van der Waals surface area contributed by atoms with Crippen molar-refractivity contribution < 1.29 is 4.79 Å².